The van der Waals surface area contributed by atoms with Gasteiger partial charge in [-0.2, -0.15) is 5.10 Å². The maximum Gasteiger partial charge on any atom is 0.229 e. The number of carbonyl (C=O) groups excluding carboxylic acids is 2. The minimum Gasteiger partial charge on any atom is -0.324 e. The lowest BCUT2D eigenvalue weighted by Crippen LogP contribution is -2.15. The number of fused-ring (bicyclic) bond motifs is 1. The molecule has 152 valence electrons. The van der Waals surface area contributed by atoms with Gasteiger partial charge in [0.1, 0.15) is 10.6 Å². The Kier molecular flexibility index (Phi) is 6.03. The van der Waals surface area contributed by atoms with Crippen LogP contribution in [0.2, 0.25) is 10.0 Å². The molecule has 2 aromatic carbocycles. The quantitative estimate of drug-likeness (QED) is 0.366. The largest absolute Gasteiger partial charge is 0.324 e. The molecular weight excluding hydrogens is 443 g/mol. The fourth-order valence-corrected chi connectivity index (χ4v) is 4.23. The van der Waals surface area contributed by atoms with Crippen molar-refractivity contribution in [3.8, 4) is 0 Å². The maximum atomic E-state index is 12.4. The molecule has 0 saturated heterocycles. The third kappa shape index (κ3) is 4.81. The van der Waals surface area contributed by atoms with E-state index in [0.717, 1.165) is 20.7 Å². The van der Waals surface area contributed by atoms with E-state index in [1.54, 1.807) is 36.4 Å². The predicted molar refractivity (Wildman–Crippen MR) is 122 cm³/mol. The van der Waals surface area contributed by atoms with E-state index in [0.29, 0.717) is 21.6 Å². The van der Waals surface area contributed by atoms with Crippen LogP contribution in [0.25, 0.3) is 10.2 Å². The summed E-state index contributed by atoms with van der Waals surface area (Å²) < 4.78 is 0. The number of halogens is 2. The number of benzene rings is 2. The first kappa shape index (κ1) is 20.4. The molecule has 4 aromatic rings. The van der Waals surface area contributed by atoms with Crippen LogP contribution in [0, 0.1) is 0 Å². The van der Waals surface area contributed by atoms with Gasteiger partial charge in [0.15, 0.2) is 0 Å². The molecule has 2 amide bonds. The molecule has 4 rings (SSSR count). The van der Waals surface area contributed by atoms with Crippen LogP contribution in [-0.4, -0.2) is 22.0 Å². The van der Waals surface area contributed by atoms with Gasteiger partial charge in [-0.15, -0.1) is 11.3 Å². The first-order valence-electron chi connectivity index (χ1n) is 9.03. The van der Waals surface area contributed by atoms with Gasteiger partial charge in [-0.1, -0.05) is 47.5 Å². The third-order valence-corrected chi connectivity index (χ3v) is 5.94. The number of H-pyrrole nitrogens is 1. The Balaban J connectivity index is 1.41. The highest BCUT2D eigenvalue weighted by Crippen LogP contribution is 2.30. The van der Waals surface area contributed by atoms with E-state index >= 15 is 0 Å². The number of para-hydroxylation sites is 1. The minimum absolute atomic E-state index is 0.174. The fraction of sp³-hybridized carbons (Fsp3) is 0.0952. The van der Waals surface area contributed by atoms with Crippen molar-refractivity contribution in [2.45, 2.75) is 12.8 Å². The third-order valence-electron chi connectivity index (χ3n) is 4.33. The van der Waals surface area contributed by atoms with E-state index in [1.807, 2.05) is 18.2 Å². The highest BCUT2D eigenvalue weighted by molar-refractivity contribution is 7.18. The smallest absolute Gasteiger partial charge is 0.229 e. The van der Waals surface area contributed by atoms with Crippen molar-refractivity contribution in [1.82, 2.24) is 10.2 Å². The van der Waals surface area contributed by atoms with Crippen LogP contribution in [0.5, 0.6) is 0 Å². The lowest BCUT2D eigenvalue weighted by molar-refractivity contribution is -0.116. The molecule has 0 fully saturated rings. The monoisotopic (exact) mass is 458 g/mol. The number of rotatable bonds is 6. The average Bonchev–Trinajstić information content (AvgIpc) is 3.26. The summed E-state index contributed by atoms with van der Waals surface area (Å²) in [5.41, 5.74) is 1.43. The Hall–Kier alpha value is -2.87. The highest BCUT2D eigenvalue weighted by atomic mass is 35.5. The summed E-state index contributed by atoms with van der Waals surface area (Å²) in [6.45, 7) is 0. The summed E-state index contributed by atoms with van der Waals surface area (Å²) in [6, 6.07) is 16.0. The van der Waals surface area contributed by atoms with E-state index in [1.165, 1.54) is 11.3 Å². The molecule has 2 aromatic heterocycles. The summed E-state index contributed by atoms with van der Waals surface area (Å²) in [6.07, 6.45) is 0.402. The topological polar surface area (TPSA) is 86.9 Å². The van der Waals surface area contributed by atoms with Crippen molar-refractivity contribution in [2.75, 3.05) is 10.6 Å². The molecular formula is C21H16Cl2N4O2S. The molecule has 0 bridgehead atoms. The van der Waals surface area contributed by atoms with Gasteiger partial charge in [0.2, 0.25) is 11.8 Å². The number of hydrogen-bond donors (Lipinski definition) is 3. The number of amides is 2. The molecule has 0 unspecified atom stereocenters. The van der Waals surface area contributed by atoms with Gasteiger partial charge in [0.25, 0.3) is 0 Å². The molecule has 30 heavy (non-hydrogen) atoms. The van der Waals surface area contributed by atoms with Gasteiger partial charge < -0.3 is 10.6 Å². The summed E-state index contributed by atoms with van der Waals surface area (Å²) >= 11 is 13.3. The SMILES string of the molecule is O=C(Cc1cc2c(NC(=O)Cc3ccc(Cl)cc3)[nH]nc2s1)Nc1ccccc1Cl. The van der Waals surface area contributed by atoms with Gasteiger partial charge in [-0.25, -0.2) is 0 Å². The van der Waals surface area contributed by atoms with E-state index < -0.39 is 0 Å². The molecule has 0 aliphatic rings. The molecule has 2 heterocycles. The summed E-state index contributed by atoms with van der Waals surface area (Å²) in [4.78, 5) is 26.3. The average molecular weight is 459 g/mol. The lowest BCUT2D eigenvalue weighted by atomic mass is 10.1. The van der Waals surface area contributed by atoms with E-state index in [9.17, 15) is 9.59 Å². The van der Waals surface area contributed by atoms with E-state index in [4.69, 9.17) is 23.2 Å². The van der Waals surface area contributed by atoms with Crippen LogP contribution in [0.1, 0.15) is 10.4 Å². The number of anilines is 2. The Labute approximate surface area is 186 Å². The van der Waals surface area contributed by atoms with Crippen molar-refractivity contribution >= 4 is 68.1 Å². The molecule has 0 radical (unpaired) electrons. The second kappa shape index (κ2) is 8.87. The van der Waals surface area contributed by atoms with E-state index in [-0.39, 0.29) is 24.7 Å². The molecule has 0 aliphatic carbocycles. The molecule has 9 heteroatoms. The first-order chi connectivity index (χ1) is 14.5. The van der Waals surface area contributed by atoms with Crippen LogP contribution in [0.15, 0.2) is 54.6 Å². The van der Waals surface area contributed by atoms with Gasteiger partial charge in [0.05, 0.1) is 28.9 Å². The number of aromatic amines is 1. The number of nitrogens with zero attached hydrogens (tertiary/aromatic N) is 1. The zero-order chi connectivity index (χ0) is 21.1. The number of hydrogen-bond acceptors (Lipinski definition) is 4. The van der Waals surface area contributed by atoms with Crippen molar-refractivity contribution < 1.29 is 9.59 Å². The Bertz CT molecular complexity index is 1220. The van der Waals surface area contributed by atoms with Gasteiger partial charge in [0, 0.05) is 9.90 Å². The summed E-state index contributed by atoms with van der Waals surface area (Å²) in [5.74, 6) is 0.161. The van der Waals surface area contributed by atoms with Crippen LogP contribution >= 0.6 is 34.5 Å². The number of nitrogens with one attached hydrogen (secondary N) is 3. The zero-order valence-electron chi connectivity index (χ0n) is 15.5. The number of aromatic nitrogens is 2. The lowest BCUT2D eigenvalue weighted by Gasteiger charge is -2.05. The van der Waals surface area contributed by atoms with Crippen molar-refractivity contribution in [3.05, 3.63) is 75.1 Å². The molecule has 0 atom stereocenters. The summed E-state index contributed by atoms with van der Waals surface area (Å²) in [5, 5.41) is 14.6. The number of thiophene rings is 1. The van der Waals surface area contributed by atoms with Crippen molar-refractivity contribution in [1.29, 1.82) is 0 Å². The van der Waals surface area contributed by atoms with Gasteiger partial charge >= 0.3 is 0 Å². The standard InChI is InChI=1S/C21H16Cl2N4O2S/c22-13-7-5-12(6-8-13)9-18(28)25-20-15-10-14(30-21(15)27-26-20)11-19(29)24-17-4-2-1-3-16(17)23/h1-8,10H,9,11H2,(H,24,29)(H2,25,26,27,28). The predicted octanol–water partition coefficient (Wildman–Crippen LogP) is 5.29. The Morgan fingerprint density at radius 3 is 2.47 bits per heavy atom. The van der Waals surface area contributed by atoms with E-state index in [2.05, 4.69) is 20.8 Å². The van der Waals surface area contributed by atoms with Crippen LogP contribution < -0.4 is 10.6 Å². The van der Waals surface area contributed by atoms with Crippen molar-refractivity contribution in [3.63, 3.8) is 0 Å². The minimum atomic E-state index is -0.177. The number of carbonyl (C=O) groups is 2. The normalized spacial score (nSPS) is 10.9. The maximum absolute atomic E-state index is 12.4. The summed E-state index contributed by atoms with van der Waals surface area (Å²) in [7, 11) is 0. The Morgan fingerprint density at radius 2 is 1.70 bits per heavy atom. The molecule has 0 spiro atoms. The fourth-order valence-electron chi connectivity index (χ4n) is 2.93. The van der Waals surface area contributed by atoms with Crippen LogP contribution in [-0.2, 0) is 22.4 Å². The molecule has 0 saturated carbocycles. The van der Waals surface area contributed by atoms with Gasteiger partial charge in [-0.3, -0.25) is 14.7 Å². The zero-order valence-corrected chi connectivity index (χ0v) is 17.9. The molecule has 6 nitrogen and oxygen atoms in total. The molecule has 3 N–H and O–H groups in total. The van der Waals surface area contributed by atoms with Gasteiger partial charge in [-0.05, 0) is 35.9 Å². The molecule has 0 aliphatic heterocycles. The second-order valence-corrected chi connectivity index (χ2v) is 8.55. The highest BCUT2D eigenvalue weighted by Gasteiger charge is 2.15. The van der Waals surface area contributed by atoms with Crippen LogP contribution in [0.3, 0.4) is 0 Å². The van der Waals surface area contributed by atoms with Crippen molar-refractivity contribution in [2.24, 2.45) is 0 Å². The van der Waals surface area contributed by atoms with Crippen LogP contribution in [0.4, 0.5) is 11.5 Å². The first-order valence-corrected chi connectivity index (χ1v) is 10.6. The second-order valence-electron chi connectivity index (χ2n) is 6.59. The Morgan fingerprint density at radius 1 is 0.967 bits per heavy atom.